The summed E-state index contributed by atoms with van der Waals surface area (Å²) in [7, 11) is 0. The standard InChI is InChI=1S/4C13H14O4/c4*1-2-4-8(5-3-1)6-14-12-11-10(17-11)9-7-15-13(12)16-9/h4*1-5,9-13H,6-7H2/t4*9-,10-,11-,12+,13-/m1111/s1. The first-order valence-electron chi connectivity index (χ1n) is 24.0. The van der Waals surface area contributed by atoms with Gasteiger partial charge < -0.3 is 75.8 Å². The van der Waals surface area contributed by atoms with E-state index >= 15 is 0 Å². The summed E-state index contributed by atoms with van der Waals surface area (Å²) in [6.45, 7) is 4.85. The van der Waals surface area contributed by atoms with Crippen molar-refractivity contribution in [3.05, 3.63) is 144 Å². The first-order valence-corrected chi connectivity index (χ1v) is 24.0. The van der Waals surface area contributed by atoms with Crippen LogP contribution in [0.2, 0.25) is 0 Å². The molecule has 68 heavy (non-hydrogen) atoms. The zero-order valence-electron chi connectivity index (χ0n) is 37.3. The number of fused-ring (bicyclic) bond motifs is 16. The monoisotopic (exact) mass is 936 g/mol. The predicted molar refractivity (Wildman–Crippen MR) is 233 cm³/mol. The molecule has 16 rings (SSSR count). The minimum Gasteiger partial charge on any atom is -0.365 e. The van der Waals surface area contributed by atoms with Crippen LogP contribution in [0.1, 0.15) is 22.3 Å². The van der Waals surface area contributed by atoms with Crippen LogP contribution >= 0.6 is 0 Å². The van der Waals surface area contributed by atoms with Gasteiger partial charge in [0.2, 0.25) is 0 Å². The van der Waals surface area contributed by atoms with Crippen molar-refractivity contribution in [3.8, 4) is 0 Å². The van der Waals surface area contributed by atoms with Crippen molar-refractivity contribution in [2.45, 2.75) is 149 Å². The number of benzene rings is 4. The molecule has 16 nitrogen and oxygen atoms in total. The molecule has 8 bridgehead atoms. The topological polar surface area (TPSA) is 161 Å². The highest BCUT2D eigenvalue weighted by Gasteiger charge is 2.64. The third-order valence-electron chi connectivity index (χ3n) is 14.2. The van der Waals surface area contributed by atoms with Crippen molar-refractivity contribution in [2.24, 2.45) is 0 Å². The van der Waals surface area contributed by atoms with Gasteiger partial charge in [0.15, 0.2) is 25.2 Å². The summed E-state index contributed by atoms with van der Waals surface area (Å²) in [6.07, 6.45) is 0.639. The number of ether oxygens (including phenoxy) is 16. The van der Waals surface area contributed by atoms with E-state index in [2.05, 4.69) is 0 Å². The maximum atomic E-state index is 5.88. The molecule has 0 radical (unpaired) electrons. The minimum atomic E-state index is -0.243. The molecule has 0 saturated carbocycles. The van der Waals surface area contributed by atoms with Crippen LogP contribution in [0.4, 0.5) is 0 Å². The summed E-state index contributed by atoms with van der Waals surface area (Å²) < 4.78 is 90.8. The minimum absolute atomic E-state index is 0.0843. The molecule has 0 aromatic heterocycles. The maximum absolute atomic E-state index is 5.88. The van der Waals surface area contributed by atoms with Gasteiger partial charge in [-0.15, -0.1) is 0 Å². The van der Waals surface area contributed by atoms with Gasteiger partial charge in [0.25, 0.3) is 0 Å². The third kappa shape index (κ3) is 9.56. The molecule has 12 heterocycles. The van der Waals surface area contributed by atoms with E-state index in [1.807, 2.05) is 121 Å². The first kappa shape index (κ1) is 44.2. The van der Waals surface area contributed by atoms with Crippen molar-refractivity contribution < 1.29 is 75.8 Å². The zero-order chi connectivity index (χ0) is 45.0. The Labute approximate surface area is 394 Å². The van der Waals surface area contributed by atoms with Crippen LogP contribution in [-0.2, 0) is 102 Å². The van der Waals surface area contributed by atoms with Gasteiger partial charge in [0.1, 0.15) is 97.7 Å². The summed E-state index contributed by atoms with van der Waals surface area (Å²) in [5, 5.41) is 0. The van der Waals surface area contributed by atoms with Crippen molar-refractivity contribution >= 4 is 0 Å². The van der Waals surface area contributed by atoms with E-state index in [9.17, 15) is 0 Å². The Kier molecular flexibility index (Phi) is 12.6. The molecule has 360 valence electrons. The molecule has 12 aliphatic rings. The smallest absolute Gasteiger partial charge is 0.187 e. The average molecular weight is 937 g/mol. The lowest BCUT2D eigenvalue weighted by molar-refractivity contribution is -0.169. The molecule has 0 N–H and O–H groups in total. The quantitative estimate of drug-likeness (QED) is 0.184. The summed E-state index contributed by atoms with van der Waals surface area (Å²) >= 11 is 0. The van der Waals surface area contributed by atoms with Gasteiger partial charge in [-0.25, -0.2) is 0 Å². The van der Waals surface area contributed by atoms with E-state index in [-0.39, 0.29) is 123 Å². The van der Waals surface area contributed by atoms with Crippen LogP contribution in [0.25, 0.3) is 0 Å². The molecule has 0 unspecified atom stereocenters. The highest BCUT2D eigenvalue weighted by molar-refractivity contribution is 5.17. The lowest BCUT2D eigenvalue weighted by Gasteiger charge is -2.24. The van der Waals surface area contributed by atoms with Crippen molar-refractivity contribution in [2.75, 3.05) is 26.4 Å². The SMILES string of the molecule is c1ccc(CO[C@@H]2[C@@H]3OC[C@@H](O3)[C@H]3O[C@@H]23)cc1.c1ccc(CO[C@@H]2[C@@H]3OC[C@@H](O3)[C@H]3O[C@@H]23)cc1.c1ccc(CO[C@@H]2[C@@H]3OC[C@@H](O3)[C@H]3O[C@@H]23)cc1.c1ccc(CO[C@@H]2[C@@H]3OC[C@@H](O3)[C@H]3O[C@@H]23)cc1. The number of hydrogen-bond acceptors (Lipinski definition) is 16. The van der Waals surface area contributed by atoms with Crippen LogP contribution in [0.3, 0.4) is 0 Å². The normalized spacial score (nSPS) is 42.2. The van der Waals surface area contributed by atoms with Crippen LogP contribution in [0.15, 0.2) is 121 Å². The molecule has 12 saturated heterocycles. The second-order valence-electron chi connectivity index (χ2n) is 18.8. The van der Waals surface area contributed by atoms with Crippen LogP contribution in [-0.4, -0.2) is 149 Å². The number of rotatable bonds is 12. The Morgan fingerprint density at radius 2 is 0.500 bits per heavy atom. The predicted octanol–water partition coefficient (Wildman–Crippen LogP) is 4.38. The molecule has 0 spiro atoms. The van der Waals surface area contributed by atoms with Gasteiger partial charge in [-0.1, -0.05) is 121 Å². The molecule has 12 fully saturated rings. The number of hydrogen-bond donors (Lipinski definition) is 0. The van der Waals surface area contributed by atoms with E-state index in [0.717, 1.165) is 22.3 Å². The molecule has 0 amide bonds. The van der Waals surface area contributed by atoms with E-state index < -0.39 is 0 Å². The van der Waals surface area contributed by atoms with Gasteiger partial charge in [0.05, 0.1) is 52.9 Å². The molecule has 4 aromatic rings. The van der Waals surface area contributed by atoms with Crippen molar-refractivity contribution in [1.82, 2.24) is 0 Å². The average Bonchev–Trinajstić information content (AvgIpc) is 4.33. The largest absolute Gasteiger partial charge is 0.365 e. The van der Waals surface area contributed by atoms with E-state index in [1.54, 1.807) is 0 Å². The third-order valence-corrected chi connectivity index (χ3v) is 14.2. The summed E-state index contributed by atoms with van der Waals surface area (Å²) in [5.74, 6) is 0. The van der Waals surface area contributed by atoms with Crippen LogP contribution in [0.5, 0.6) is 0 Å². The fourth-order valence-electron chi connectivity index (χ4n) is 10.3. The lowest BCUT2D eigenvalue weighted by Crippen LogP contribution is -2.41. The van der Waals surface area contributed by atoms with E-state index in [0.29, 0.717) is 52.9 Å². The number of epoxide rings is 4. The fourth-order valence-corrected chi connectivity index (χ4v) is 10.3. The second kappa shape index (κ2) is 19.4. The zero-order valence-corrected chi connectivity index (χ0v) is 37.3. The Bertz CT molecular complexity index is 1950. The molecule has 12 aliphatic heterocycles. The van der Waals surface area contributed by atoms with Crippen LogP contribution in [0, 0.1) is 0 Å². The summed E-state index contributed by atoms with van der Waals surface area (Å²) in [5.41, 5.74) is 4.63. The molecule has 0 aliphatic carbocycles. The van der Waals surface area contributed by atoms with Gasteiger partial charge in [-0.3, -0.25) is 0 Å². The van der Waals surface area contributed by atoms with E-state index in [4.69, 9.17) is 75.8 Å². The maximum Gasteiger partial charge on any atom is 0.187 e. The van der Waals surface area contributed by atoms with Crippen molar-refractivity contribution in [3.63, 3.8) is 0 Å². The molecule has 16 heteroatoms. The second-order valence-corrected chi connectivity index (χ2v) is 18.8. The van der Waals surface area contributed by atoms with Gasteiger partial charge in [-0.05, 0) is 22.3 Å². The van der Waals surface area contributed by atoms with Gasteiger partial charge in [-0.2, -0.15) is 0 Å². The fraction of sp³-hybridized carbons (Fsp3) is 0.538. The van der Waals surface area contributed by atoms with Crippen molar-refractivity contribution in [1.29, 1.82) is 0 Å². The molecule has 20 atom stereocenters. The molecular weight excluding hydrogens is 881 g/mol. The molecular formula is C52H56O16. The highest BCUT2D eigenvalue weighted by atomic mass is 16.8. The van der Waals surface area contributed by atoms with E-state index in [1.165, 1.54) is 0 Å². The Hall–Kier alpha value is -3.76. The Morgan fingerprint density at radius 1 is 0.279 bits per heavy atom. The van der Waals surface area contributed by atoms with Gasteiger partial charge in [0, 0.05) is 0 Å². The van der Waals surface area contributed by atoms with Gasteiger partial charge >= 0.3 is 0 Å². The first-order chi connectivity index (χ1) is 33.7. The van der Waals surface area contributed by atoms with Crippen LogP contribution < -0.4 is 0 Å². The lowest BCUT2D eigenvalue weighted by atomic mass is 10.1. The summed E-state index contributed by atoms with van der Waals surface area (Å²) in [4.78, 5) is 0. The summed E-state index contributed by atoms with van der Waals surface area (Å²) in [6, 6.07) is 40.5. The highest BCUT2D eigenvalue weighted by Crippen LogP contribution is 2.46. The Morgan fingerprint density at radius 3 is 0.721 bits per heavy atom. The molecule has 4 aromatic carbocycles. The Balaban J connectivity index is 0.0000000896.